The van der Waals surface area contributed by atoms with Crippen LogP contribution in [-0.2, 0) is 0 Å². The fourth-order valence-electron chi connectivity index (χ4n) is 2.04. The maximum absolute atomic E-state index is 12.1. The van der Waals surface area contributed by atoms with Crippen molar-refractivity contribution in [2.45, 2.75) is 46.1 Å². The van der Waals surface area contributed by atoms with Gasteiger partial charge < -0.3 is 10.4 Å². The summed E-state index contributed by atoms with van der Waals surface area (Å²) in [7, 11) is 0. The van der Waals surface area contributed by atoms with Crippen molar-refractivity contribution in [2.75, 3.05) is 6.61 Å². The molecule has 1 aromatic rings. The minimum atomic E-state index is -0.169. The van der Waals surface area contributed by atoms with Gasteiger partial charge in [0, 0.05) is 5.56 Å². The lowest BCUT2D eigenvalue weighted by atomic mass is 10.0. The van der Waals surface area contributed by atoms with Gasteiger partial charge in [-0.15, -0.1) is 0 Å². The molecule has 0 aliphatic heterocycles. The van der Waals surface area contributed by atoms with Crippen molar-refractivity contribution in [3.63, 3.8) is 0 Å². The molecule has 1 aromatic carbocycles. The molecule has 0 aromatic heterocycles. The summed E-state index contributed by atoms with van der Waals surface area (Å²) in [6.07, 6.45) is 0.784. The van der Waals surface area contributed by atoms with Gasteiger partial charge >= 0.3 is 0 Å². The van der Waals surface area contributed by atoms with Crippen LogP contribution in [0.2, 0.25) is 0 Å². The van der Waals surface area contributed by atoms with E-state index in [0.717, 1.165) is 6.42 Å². The minimum Gasteiger partial charge on any atom is -0.394 e. The summed E-state index contributed by atoms with van der Waals surface area (Å²) in [5.74, 6) is 0.791. The van der Waals surface area contributed by atoms with Gasteiger partial charge in [0.2, 0.25) is 0 Å². The van der Waals surface area contributed by atoms with E-state index in [0.29, 0.717) is 17.4 Å². The van der Waals surface area contributed by atoms with E-state index in [1.807, 2.05) is 24.3 Å². The Hall–Kier alpha value is -1.35. The maximum Gasteiger partial charge on any atom is 0.251 e. The molecule has 3 heteroatoms. The number of carbonyl (C=O) groups excluding carboxylic acids is 1. The van der Waals surface area contributed by atoms with Gasteiger partial charge in [0.05, 0.1) is 12.6 Å². The molecule has 0 saturated carbocycles. The fraction of sp³-hybridized carbons (Fsp3) is 0.562. The molecule has 0 aliphatic rings. The Morgan fingerprint density at radius 1 is 1.16 bits per heavy atom. The standard InChI is InChI=1S/C16H25NO2/c1-11(2)9-15(10-18)17-16(19)14-7-5-13(6-8-14)12(3)4/h5-8,11-12,15,18H,9-10H2,1-4H3,(H,17,19). The molecule has 0 aliphatic carbocycles. The lowest BCUT2D eigenvalue weighted by Crippen LogP contribution is -2.38. The van der Waals surface area contributed by atoms with E-state index in [1.54, 1.807) is 0 Å². The zero-order chi connectivity index (χ0) is 14.4. The molecule has 0 bridgehead atoms. The molecule has 0 fully saturated rings. The first-order chi connectivity index (χ1) is 8.93. The lowest BCUT2D eigenvalue weighted by Gasteiger charge is -2.18. The summed E-state index contributed by atoms with van der Waals surface area (Å²) in [5, 5.41) is 12.1. The third-order valence-electron chi connectivity index (χ3n) is 3.15. The smallest absolute Gasteiger partial charge is 0.251 e. The molecule has 19 heavy (non-hydrogen) atoms. The van der Waals surface area contributed by atoms with Crippen LogP contribution in [0.3, 0.4) is 0 Å². The molecule has 1 unspecified atom stereocenters. The van der Waals surface area contributed by atoms with Crippen molar-refractivity contribution >= 4 is 5.91 Å². The van der Waals surface area contributed by atoms with Gasteiger partial charge in [0.25, 0.3) is 5.91 Å². The Labute approximate surface area is 116 Å². The van der Waals surface area contributed by atoms with Crippen LogP contribution in [0, 0.1) is 5.92 Å². The average Bonchev–Trinajstić information content (AvgIpc) is 2.37. The van der Waals surface area contributed by atoms with Crippen LogP contribution in [0.4, 0.5) is 0 Å². The second-order valence-electron chi connectivity index (χ2n) is 5.76. The van der Waals surface area contributed by atoms with E-state index in [-0.39, 0.29) is 18.6 Å². The van der Waals surface area contributed by atoms with Gasteiger partial charge in [0.1, 0.15) is 0 Å². The Balaban J connectivity index is 2.66. The number of aliphatic hydroxyl groups is 1. The number of aliphatic hydroxyl groups excluding tert-OH is 1. The number of hydrogen-bond donors (Lipinski definition) is 2. The molecule has 2 N–H and O–H groups in total. The first kappa shape index (κ1) is 15.7. The summed E-state index contributed by atoms with van der Waals surface area (Å²) in [4.78, 5) is 12.1. The Kier molecular flexibility index (Phi) is 6.03. The van der Waals surface area contributed by atoms with Crippen molar-refractivity contribution in [3.8, 4) is 0 Å². The van der Waals surface area contributed by atoms with E-state index in [9.17, 15) is 9.90 Å². The van der Waals surface area contributed by atoms with Crippen LogP contribution < -0.4 is 5.32 Å². The minimum absolute atomic E-state index is 0.0198. The predicted molar refractivity (Wildman–Crippen MR) is 78.3 cm³/mol. The van der Waals surface area contributed by atoms with Crippen molar-refractivity contribution in [1.29, 1.82) is 0 Å². The average molecular weight is 263 g/mol. The second-order valence-corrected chi connectivity index (χ2v) is 5.76. The zero-order valence-corrected chi connectivity index (χ0v) is 12.3. The topological polar surface area (TPSA) is 49.3 Å². The molecule has 106 valence electrons. The van der Waals surface area contributed by atoms with Crippen LogP contribution in [-0.4, -0.2) is 23.7 Å². The van der Waals surface area contributed by atoms with Gasteiger partial charge in [-0.3, -0.25) is 4.79 Å². The molecule has 0 saturated heterocycles. The molecule has 1 rings (SSSR count). The maximum atomic E-state index is 12.1. The quantitative estimate of drug-likeness (QED) is 0.829. The predicted octanol–water partition coefficient (Wildman–Crippen LogP) is 2.95. The van der Waals surface area contributed by atoms with Gasteiger partial charge in [0.15, 0.2) is 0 Å². The van der Waals surface area contributed by atoms with Gasteiger partial charge in [-0.1, -0.05) is 39.8 Å². The Morgan fingerprint density at radius 3 is 2.16 bits per heavy atom. The monoisotopic (exact) mass is 263 g/mol. The normalized spacial score (nSPS) is 12.8. The highest BCUT2D eigenvalue weighted by molar-refractivity contribution is 5.94. The van der Waals surface area contributed by atoms with Crippen LogP contribution in [0.15, 0.2) is 24.3 Å². The van der Waals surface area contributed by atoms with Crippen molar-refractivity contribution in [2.24, 2.45) is 5.92 Å². The molecular weight excluding hydrogens is 238 g/mol. The highest BCUT2D eigenvalue weighted by Crippen LogP contribution is 2.15. The molecule has 0 radical (unpaired) electrons. The number of amides is 1. The van der Waals surface area contributed by atoms with Crippen molar-refractivity contribution < 1.29 is 9.90 Å². The number of nitrogens with one attached hydrogen (secondary N) is 1. The lowest BCUT2D eigenvalue weighted by molar-refractivity contribution is 0.0908. The summed E-state index contributed by atoms with van der Waals surface area (Å²) < 4.78 is 0. The number of hydrogen-bond acceptors (Lipinski definition) is 2. The van der Waals surface area contributed by atoms with E-state index in [2.05, 4.69) is 33.0 Å². The first-order valence-electron chi connectivity index (χ1n) is 6.95. The SMILES string of the molecule is CC(C)CC(CO)NC(=O)c1ccc(C(C)C)cc1. The Morgan fingerprint density at radius 2 is 1.74 bits per heavy atom. The highest BCUT2D eigenvalue weighted by Gasteiger charge is 2.14. The van der Waals surface area contributed by atoms with Gasteiger partial charge in [-0.25, -0.2) is 0 Å². The molecular formula is C16H25NO2. The number of benzene rings is 1. The molecule has 0 heterocycles. The molecule has 1 amide bonds. The summed E-state index contributed by atoms with van der Waals surface area (Å²) >= 11 is 0. The zero-order valence-electron chi connectivity index (χ0n) is 12.3. The summed E-state index contributed by atoms with van der Waals surface area (Å²) in [6, 6.07) is 7.48. The van der Waals surface area contributed by atoms with Gasteiger partial charge in [-0.2, -0.15) is 0 Å². The molecule has 0 spiro atoms. The third-order valence-corrected chi connectivity index (χ3v) is 3.15. The van der Waals surface area contributed by atoms with E-state index in [1.165, 1.54) is 5.56 Å². The Bertz CT molecular complexity index is 396. The second kappa shape index (κ2) is 7.29. The van der Waals surface area contributed by atoms with Crippen LogP contribution in [0.5, 0.6) is 0 Å². The van der Waals surface area contributed by atoms with Crippen LogP contribution >= 0.6 is 0 Å². The number of carbonyl (C=O) groups is 1. The van der Waals surface area contributed by atoms with E-state index in [4.69, 9.17) is 0 Å². The van der Waals surface area contributed by atoms with Crippen molar-refractivity contribution in [3.05, 3.63) is 35.4 Å². The highest BCUT2D eigenvalue weighted by atomic mass is 16.3. The molecule has 3 nitrogen and oxygen atoms in total. The third kappa shape index (κ3) is 5.03. The summed E-state index contributed by atoms with van der Waals surface area (Å²) in [5.41, 5.74) is 1.86. The van der Waals surface area contributed by atoms with E-state index >= 15 is 0 Å². The number of rotatable bonds is 6. The van der Waals surface area contributed by atoms with E-state index < -0.39 is 0 Å². The molecule has 1 atom stereocenters. The van der Waals surface area contributed by atoms with Crippen molar-refractivity contribution in [1.82, 2.24) is 5.32 Å². The largest absolute Gasteiger partial charge is 0.394 e. The van der Waals surface area contributed by atoms with Gasteiger partial charge in [-0.05, 0) is 36.0 Å². The van der Waals surface area contributed by atoms with Crippen LogP contribution in [0.25, 0.3) is 0 Å². The first-order valence-corrected chi connectivity index (χ1v) is 6.95. The summed E-state index contributed by atoms with van der Waals surface area (Å²) in [6.45, 7) is 8.38. The fourth-order valence-corrected chi connectivity index (χ4v) is 2.04. The van der Waals surface area contributed by atoms with Crippen LogP contribution in [0.1, 0.15) is 56.0 Å².